The van der Waals surface area contributed by atoms with Crippen molar-refractivity contribution in [1.29, 1.82) is 0 Å². The van der Waals surface area contributed by atoms with Crippen LogP contribution in [0.25, 0.3) is 0 Å². The van der Waals surface area contributed by atoms with Gasteiger partial charge in [-0.25, -0.2) is 4.98 Å². The Labute approximate surface area is 158 Å². The summed E-state index contributed by atoms with van der Waals surface area (Å²) in [5.41, 5.74) is 6.41. The normalized spacial score (nSPS) is 9.88. The summed E-state index contributed by atoms with van der Waals surface area (Å²) in [6, 6.07) is 6.41. The third-order valence-electron chi connectivity index (χ3n) is 3.28. The first kappa shape index (κ1) is 20.9. The summed E-state index contributed by atoms with van der Waals surface area (Å²) < 4.78 is 10.9. The lowest BCUT2D eigenvalue weighted by atomic mass is 10.2. The monoisotopic (exact) mass is 385 g/mol. The molecule has 0 saturated heterocycles. The maximum atomic E-state index is 12.4. The second kappa shape index (κ2) is 9.96. The molecular formula is C17H21Cl2N3O3. The van der Waals surface area contributed by atoms with E-state index in [1.54, 1.807) is 24.3 Å². The lowest BCUT2D eigenvalue weighted by molar-refractivity contribution is 0.102. The average molecular weight is 386 g/mol. The first-order valence-corrected chi connectivity index (χ1v) is 7.96. The predicted octanol–water partition coefficient (Wildman–Crippen LogP) is 4.18. The van der Waals surface area contributed by atoms with Crippen molar-refractivity contribution in [3.63, 3.8) is 0 Å². The highest BCUT2D eigenvalue weighted by molar-refractivity contribution is 6.32. The Hall–Kier alpha value is -2.18. The van der Waals surface area contributed by atoms with E-state index < -0.39 is 0 Å². The molecule has 0 saturated carbocycles. The number of aromatic nitrogens is 1. The van der Waals surface area contributed by atoms with E-state index in [1.165, 1.54) is 13.3 Å². The number of unbranched alkanes of at least 4 members (excludes halogenated alkanes) is 1. The molecule has 0 aliphatic heterocycles. The molecular weight excluding hydrogens is 365 g/mol. The van der Waals surface area contributed by atoms with Crippen LogP contribution < -0.4 is 20.5 Å². The SMILES string of the molecule is CCCCOc1c(Cl)cc(C(=O)Nc2ccc(N)nc2)cc1OC.Cl. The molecule has 6 nitrogen and oxygen atoms in total. The van der Waals surface area contributed by atoms with Gasteiger partial charge in [0.05, 0.1) is 30.6 Å². The number of nitrogens with one attached hydrogen (secondary N) is 1. The van der Waals surface area contributed by atoms with Crippen molar-refractivity contribution in [1.82, 2.24) is 4.98 Å². The number of ether oxygens (including phenoxy) is 2. The molecule has 0 atom stereocenters. The Kier molecular flexibility index (Phi) is 8.31. The number of carbonyl (C=O) groups excluding carboxylic acids is 1. The summed E-state index contributed by atoms with van der Waals surface area (Å²) in [7, 11) is 1.50. The van der Waals surface area contributed by atoms with Gasteiger partial charge in [0.15, 0.2) is 11.5 Å². The van der Waals surface area contributed by atoms with Gasteiger partial charge in [0.25, 0.3) is 5.91 Å². The Morgan fingerprint density at radius 3 is 2.72 bits per heavy atom. The minimum absolute atomic E-state index is 0. The van der Waals surface area contributed by atoms with Gasteiger partial charge in [0, 0.05) is 5.56 Å². The van der Waals surface area contributed by atoms with E-state index in [0.717, 1.165) is 12.8 Å². The van der Waals surface area contributed by atoms with Crippen LogP contribution >= 0.6 is 24.0 Å². The molecule has 1 heterocycles. The molecule has 1 amide bonds. The third kappa shape index (κ3) is 5.69. The van der Waals surface area contributed by atoms with E-state index in [2.05, 4.69) is 17.2 Å². The van der Waals surface area contributed by atoms with E-state index in [-0.39, 0.29) is 18.3 Å². The third-order valence-corrected chi connectivity index (χ3v) is 3.56. The van der Waals surface area contributed by atoms with Crippen molar-refractivity contribution in [3.8, 4) is 11.5 Å². The molecule has 0 aliphatic rings. The van der Waals surface area contributed by atoms with Gasteiger partial charge in [-0.1, -0.05) is 24.9 Å². The second-order valence-corrected chi connectivity index (χ2v) is 5.52. The molecule has 1 aromatic carbocycles. The maximum Gasteiger partial charge on any atom is 0.255 e. The molecule has 1 aromatic heterocycles. The number of nitrogens with zero attached hydrogens (tertiary/aromatic N) is 1. The van der Waals surface area contributed by atoms with Crippen LogP contribution in [-0.2, 0) is 0 Å². The number of rotatable bonds is 7. The van der Waals surface area contributed by atoms with Crippen molar-refractivity contribution in [2.24, 2.45) is 0 Å². The lowest BCUT2D eigenvalue weighted by Crippen LogP contribution is -2.13. The number of hydrogen-bond acceptors (Lipinski definition) is 5. The molecule has 25 heavy (non-hydrogen) atoms. The van der Waals surface area contributed by atoms with E-state index in [9.17, 15) is 4.79 Å². The van der Waals surface area contributed by atoms with Gasteiger partial charge >= 0.3 is 0 Å². The molecule has 2 rings (SSSR count). The Balaban J connectivity index is 0.00000312. The van der Waals surface area contributed by atoms with Crippen LogP contribution in [0.5, 0.6) is 11.5 Å². The molecule has 8 heteroatoms. The molecule has 0 aliphatic carbocycles. The molecule has 0 bridgehead atoms. The van der Waals surface area contributed by atoms with E-state index in [4.69, 9.17) is 26.8 Å². The number of nitrogens with two attached hydrogens (primary N) is 1. The number of hydrogen-bond donors (Lipinski definition) is 2. The molecule has 0 spiro atoms. The summed E-state index contributed by atoms with van der Waals surface area (Å²) in [6.45, 7) is 2.61. The number of amides is 1. The minimum atomic E-state index is -0.332. The van der Waals surface area contributed by atoms with E-state index in [0.29, 0.717) is 40.2 Å². The summed E-state index contributed by atoms with van der Waals surface area (Å²) in [6.07, 6.45) is 3.40. The van der Waals surface area contributed by atoms with Gasteiger partial charge in [0.2, 0.25) is 0 Å². The van der Waals surface area contributed by atoms with Crippen LogP contribution in [0.15, 0.2) is 30.5 Å². The smallest absolute Gasteiger partial charge is 0.255 e. The molecule has 0 unspecified atom stereocenters. The van der Waals surface area contributed by atoms with Crippen LogP contribution in [0.2, 0.25) is 5.02 Å². The van der Waals surface area contributed by atoms with Crippen LogP contribution in [-0.4, -0.2) is 24.6 Å². The molecule has 3 N–H and O–H groups in total. The minimum Gasteiger partial charge on any atom is -0.493 e. The first-order valence-electron chi connectivity index (χ1n) is 7.58. The Morgan fingerprint density at radius 2 is 2.12 bits per heavy atom. The molecule has 0 fully saturated rings. The number of carbonyl (C=O) groups is 1. The van der Waals surface area contributed by atoms with Crippen molar-refractivity contribution < 1.29 is 14.3 Å². The van der Waals surface area contributed by atoms with Crippen molar-refractivity contribution >= 4 is 41.4 Å². The quantitative estimate of drug-likeness (QED) is 0.698. The highest BCUT2D eigenvalue weighted by atomic mass is 35.5. The van der Waals surface area contributed by atoms with Gasteiger partial charge in [-0.15, -0.1) is 12.4 Å². The topological polar surface area (TPSA) is 86.5 Å². The number of anilines is 2. The highest BCUT2D eigenvalue weighted by Gasteiger charge is 2.16. The Bertz CT molecular complexity index is 709. The zero-order valence-electron chi connectivity index (χ0n) is 14.0. The summed E-state index contributed by atoms with van der Waals surface area (Å²) >= 11 is 6.25. The van der Waals surface area contributed by atoms with Crippen molar-refractivity contribution in [2.75, 3.05) is 24.8 Å². The predicted molar refractivity (Wildman–Crippen MR) is 102 cm³/mol. The maximum absolute atomic E-state index is 12.4. The second-order valence-electron chi connectivity index (χ2n) is 5.12. The number of pyridine rings is 1. The number of methoxy groups -OCH3 is 1. The molecule has 2 aromatic rings. The van der Waals surface area contributed by atoms with Gasteiger partial charge in [-0.3, -0.25) is 4.79 Å². The van der Waals surface area contributed by atoms with Crippen LogP contribution in [0.1, 0.15) is 30.1 Å². The highest BCUT2D eigenvalue weighted by Crippen LogP contribution is 2.36. The van der Waals surface area contributed by atoms with Crippen LogP contribution in [0.4, 0.5) is 11.5 Å². The first-order chi connectivity index (χ1) is 11.5. The van der Waals surface area contributed by atoms with Gasteiger partial charge < -0.3 is 20.5 Å². The standard InChI is InChI=1S/C17H20ClN3O3.ClH/c1-3-4-7-24-16-13(18)8-11(9-14(16)23-2)17(22)21-12-5-6-15(19)20-10-12;/h5-6,8-10H,3-4,7H2,1-2H3,(H2,19,20)(H,21,22);1H. The zero-order chi connectivity index (χ0) is 17.5. The fourth-order valence-corrected chi connectivity index (χ4v) is 2.26. The summed E-state index contributed by atoms with van der Waals surface area (Å²) in [5.74, 6) is 0.908. The van der Waals surface area contributed by atoms with Crippen molar-refractivity contribution in [3.05, 3.63) is 41.0 Å². The molecule has 136 valence electrons. The average Bonchev–Trinajstić information content (AvgIpc) is 2.58. The lowest BCUT2D eigenvalue weighted by Gasteiger charge is -2.14. The van der Waals surface area contributed by atoms with Crippen LogP contribution in [0.3, 0.4) is 0 Å². The summed E-state index contributed by atoms with van der Waals surface area (Å²) in [4.78, 5) is 16.3. The number of nitrogen functional groups attached to an aromatic ring is 1. The zero-order valence-corrected chi connectivity index (χ0v) is 15.6. The summed E-state index contributed by atoms with van der Waals surface area (Å²) in [5, 5.41) is 3.05. The largest absolute Gasteiger partial charge is 0.493 e. The molecule has 0 radical (unpaired) electrons. The van der Waals surface area contributed by atoms with Gasteiger partial charge in [0.1, 0.15) is 5.82 Å². The fourth-order valence-electron chi connectivity index (χ4n) is 1.99. The van der Waals surface area contributed by atoms with Crippen molar-refractivity contribution in [2.45, 2.75) is 19.8 Å². The van der Waals surface area contributed by atoms with Crippen LogP contribution in [0, 0.1) is 0 Å². The van der Waals surface area contributed by atoms with Gasteiger partial charge in [-0.05, 0) is 30.7 Å². The fraction of sp³-hybridized carbons (Fsp3) is 0.294. The van der Waals surface area contributed by atoms with Gasteiger partial charge in [-0.2, -0.15) is 0 Å². The Morgan fingerprint density at radius 1 is 1.36 bits per heavy atom. The van der Waals surface area contributed by atoms with E-state index >= 15 is 0 Å². The van der Waals surface area contributed by atoms with E-state index in [1.807, 2.05) is 0 Å². The number of halogens is 2. The number of benzene rings is 1.